The average Bonchev–Trinajstić information content (AvgIpc) is 2.77. The van der Waals surface area contributed by atoms with Gasteiger partial charge >= 0.3 is 0 Å². The van der Waals surface area contributed by atoms with Crippen molar-refractivity contribution in [2.45, 2.75) is 26.8 Å². The van der Waals surface area contributed by atoms with Gasteiger partial charge in [0.25, 0.3) is 0 Å². The van der Waals surface area contributed by atoms with Crippen molar-refractivity contribution in [3.05, 3.63) is 86.8 Å². The maximum Gasteiger partial charge on any atom is 0.196 e. The summed E-state index contributed by atoms with van der Waals surface area (Å²) in [5.74, 6) is 0.594. The number of nitrogens with one attached hydrogen (secondary N) is 1. The summed E-state index contributed by atoms with van der Waals surface area (Å²) in [4.78, 5) is 19.5. The molecule has 2 aromatic carbocycles. The Morgan fingerprint density at radius 1 is 1.09 bits per heavy atom. The highest BCUT2D eigenvalue weighted by molar-refractivity contribution is 6.29. The number of aryl methyl sites for hydroxylation is 1. The molecule has 0 fully saturated rings. The summed E-state index contributed by atoms with van der Waals surface area (Å²) in [7, 11) is 3.98. The topological polar surface area (TPSA) is 58.4 Å². The van der Waals surface area contributed by atoms with Gasteiger partial charge in [-0.05, 0) is 56.7 Å². The molecular formula is C26H26ClN3O2. The number of hydrogen-bond acceptors (Lipinski definition) is 5. The third kappa shape index (κ3) is 4.21. The number of hydrogen-bond donors (Lipinski definition) is 1. The van der Waals surface area contributed by atoms with Gasteiger partial charge in [-0.25, -0.2) is 4.98 Å². The highest BCUT2D eigenvalue weighted by Gasteiger charge is 2.19. The maximum atomic E-state index is 13.3. The van der Waals surface area contributed by atoms with Gasteiger partial charge in [-0.2, -0.15) is 0 Å². The van der Waals surface area contributed by atoms with Gasteiger partial charge in [-0.1, -0.05) is 29.8 Å². The smallest absolute Gasteiger partial charge is 0.196 e. The molecule has 0 aliphatic heterocycles. The van der Waals surface area contributed by atoms with E-state index in [4.69, 9.17) is 16.0 Å². The number of nitrogens with zero attached hydrogens (tertiary/aromatic N) is 2. The van der Waals surface area contributed by atoms with Crippen LogP contribution < -0.4 is 15.6 Å². The SMILES string of the molecule is Cc1cc(C(C)Nc2ccc(Cl)nc2)c2oc(-c3cccc(N(C)C)c3)c(C)c(=O)c2c1. The van der Waals surface area contributed by atoms with Crippen molar-refractivity contribution in [3.8, 4) is 11.3 Å². The molecule has 4 aromatic rings. The van der Waals surface area contributed by atoms with Crippen molar-refractivity contribution in [1.82, 2.24) is 4.98 Å². The van der Waals surface area contributed by atoms with E-state index < -0.39 is 0 Å². The van der Waals surface area contributed by atoms with E-state index in [1.54, 1.807) is 12.3 Å². The third-order valence-electron chi connectivity index (χ3n) is 5.59. The van der Waals surface area contributed by atoms with Crippen molar-refractivity contribution >= 4 is 33.9 Å². The molecule has 0 saturated heterocycles. The van der Waals surface area contributed by atoms with E-state index in [0.717, 1.165) is 28.1 Å². The number of rotatable bonds is 5. The van der Waals surface area contributed by atoms with Crippen LogP contribution in [0.2, 0.25) is 5.15 Å². The third-order valence-corrected chi connectivity index (χ3v) is 5.82. The fraction of sp³-hybridized carbons (Fsp3) is 0.231. The van der Waals surface area contributed by atoms with Crippen LogP contribution in [-0.4, -0.2) is 19.1 Å². The van der Waals surface area contributed by atoms with Gasteiger partial charge in [-0.15, -0.1) is 0 Å². The lowest BCUT2D eigenvalue weighted by Gasteiger charge is -2.19. The van der Waals surface area contributed by atoms with Crippen molar-refractivity contribution in [2.75, 3.05) is 24.3 Å². The van der Waals surface area contributed by atoms with E-state index in [1.165, 1.54) is 0 Å². The van der Waals surface area contributed by atoms with Crippen molar-refractivity contribution in [3.63, 3.8) is 0 Å². The summed E-state index contributed by atoms with van der Waals surface area (Å²) >= 11 is 5.91. The van der Waals surface area contributed by atoms with Gasteiger partial charge in [0.05, 0.1) is 23.3 Å². The fourth-order valence-corrected chi connectivity index (χ4v) is 3.99. The Morgan fingerprint density at radius 3 is 2.56 bits per heavy atom. The monoisotopic (exact) mass is 447 g/mol. The predicted molar refractivity (Wildman–Crippen MR) is 133 cm³/mol. The molecule has 0 saturated carbocycles. The fourth-order valence-electron chi connectivity index (χ4n) is 3.88. The van der Waals surface area contributed by atoms with E-state index in [0.29, 0.717) is 27.4 Å². The van der Waals surface area contributed by atoms with E-state index >= 15 is 0 Å². The minimum atomic E-state index is -0.118. The quantitative estimate of drug-likeness (QED) is 0.360. The molecule has 4 rings (SSSR count). The normalized spacial score (nSPS) is 12.1. The number of anilines is 2. The molecular weight excluding hydrogens is 422 g/mol. The van der Waals surface area contributed by atoms with Crippen LogP contribution in [0.3, 0.4) is 0 Å². The number of aromatic nitrogens is 1. The van der Waals surface area contributed by atoms with Crippen LogP contribution in [0.5, 0.6) is 0 Å². The Balaban J connectivity index is 1.88. The molecule has 32 heavy (non-hydrogen) atoms. The van der Waals surface area contributed by atoms with Crippen molar-refractivity contribution in [1.29, 1.82) is 0 Å². The molecule has 0 aliphatic rings. The van der Waals surface area contributed by atoms with Gasteiger partial charge in [0.2, 0.25) is 0 Å². The highest BCUT2D eigenvalue weighted by Crippen LogP contribution is 2.33. The van der Waals surface area contributed by atoms with E-state index in [-0.39, 0.29) is 11.5 Å². The summed E-state index contributed by atoms with van der Waals surface area (Å²) in [6.07, 6.45) is 1.69. The van der Waals surface area contributed by atoms with Crippen LogP contribution >= 0.6 is 11.6 Å². The molecule has 5 nitrogen and oxygen atoms in total. The van der Waals surface area contributed by atoms with Crippen LogP contribution in [0.1, 0.15) is 29.7 Å². The van der Waals surface area contributed by atoms with Crippen LogP contribution in [0.15, 0.2) is 63.9 Å². The average molecular weight is 448 g/mol. The number of halogens is 1. The molecule has 0 spiro atoms. The zero-order chi connectivity index (χ0) is 23.0. The van der Waals surface area contributed by atoms with Crippen molar-refractivity contribution < 1.29 is 4.42 Å². The molecule has 164 valence electrons. The predicted octanol–water partition coefficient (Wildman–Crippen LogP) is 6.36. The Morgan fingerprint density at radius 2 is 1.88 bits per heavy atom. The van der Waals surface area contributed by atoms with Gasteiger partial charge < -0.3 is 14.6 Å². The molecule has 0 amide bonds. The molecule has 2 heterocycles. The molecule has 0 radical (unpaired) electrons. The Labute approximate surface area is 192 Å². The summed E-state index contributed by atoms with van der Waals surface area (Å²) in [6, 6.07) is 15.5. The minimum Gasteiger partial charge on any atom is -0.455 e. The first-order valence-electron chi connectivity index (χ1n) is 10.5. The zero-order valence-corrected chi connectivity index (χ0v) is 19.6. The molecule has 0 bridgehead atoms. The Bertz CT molecular complexity index is 1340. The summed E-state index contributed by atoms with van der Waals surface area (Å²) in [5.41, 5.74) is 5.86. The first kappa shape index (κ1) is 21.9. The summed E-state index contributed by atoms with van der Waals surface area (Å²) in [6.45, 7) is 5.85. The van der Waals surface area contributed by atoms with Gasteiger partial charge in [0.15, 0.2) is 5.43 Å². The lowest BCUT2D eigenvalue weighted by Crippen LogP contribution is -2.13. The lowest BCUT2D eigenvalue weighted by atomic mass is 9.98. The molecule has 1 N–H and O–H groups in total. The molecule has 1 unspecified atom stereocenters. The summed E-state index contributed by atoms with van der Waals surface area (Å²) in [5, 5.41) is 4.46. The minimum absolute atomic E-state index is 0.0122. The second-order valence-electron chi connectivity index (χ2n) is 8.30. The molecule has 1 atom stereocenters. The number of benzene rings is 2. The standard InChI is InChI=1S/C26H26ClN3O2/c1-15-11-21(17(3)29-19-9-10-23(27)28-14-19)26-22(12-15)24(31)16(2)25(32-26)18-7-6-8-20(13-18)30(4)5/h6-14,17,29H,1-5H3. The summed E-state index contributed by atoms with van der Waals surface area (Å²) < 4.78 is 6.46. The molecule has 0 aliphatic carbocycles. The number of fused-ring (bicyclic) bond motifs is 1. The maximum absolute atomic E-state index is 13.3. The van der Waals surface area contributed by atoms with E-state index in [2.05, 4.69) is 16.4 Å². The van der Waals surface area contributed by atoms with Crippen molar-refractivity contribution in [2.24, 2.45) is 0 Å². The van der Waals surface area contributed by atoms with Crippen LogP contribution in [0.4, 0.5) is 11.4 Å². The lowest BCUT2D eigenvalue weighted by molar-refractivity contribution is 0.605. The van der Waals surface area contributed by atoms with Crippen LogP contribution in [-0.2, 0) is 0 Å². The first-order chi connectivity index (χ1) is 15.2. The van der Waals surface area contributed by atoms with Gasteiger partial charge in [0, 0.05) is 36.5 Å². The molecule has 6 heteroatoms. The van der Waals surface area contributed by atoms with Crippen LogP contribution in [0, 0.1) is 13.8 Å². The zero-order valence-electron chi connectivity index (χ0n) is 18.9. The second-order valence-corrected chi connectivity index (χ2v) is 8.68. The van der Waals surface area contributed by atoms with Gasteiger partial charge in [0.1, 0.15) is 16.5 Å². The largest absolute Gasteiger partial charge is 0.455 e. The molecule has 2 aromatic heterocycles. The Kier molecular flexibility index (Phi) is 5.94. The second kappa shape index (κ2) is 8.67. The Hall–Kier alpha value is -3.31. The first-order valence-corrected chi connectivity index (χ1v) is 10.9. The van der Waals surface area contributed by atoms with E-state index in [1.807, 2.05) is 76.2 Å². The van der Waals surface area contributed by atoms with Gasteiger partial charge in [-0.3, -0.25) is 4.79 Å². The van der Waals surface area contributed by atoms with Crippen LogP contribution in [0.25, 0.3) is 22.3 Å². The van der Waals surface area contributed by atoms with E-state index in [9.17, 15) is 4.79 Å². The number of pyridine rings is 1. The highest BCUT2D eigenvalue weighted by atomic mass is 35.5.